The molecule has 7 nitrogen and oxygen atoms in total. The van der Waals surface area contributed by atoms with E-state index in [2.05, 4.69) is 10.4 Å². The van der Waals surface area contributed by atoms with Gasteiger partial charge in [0.05, 0.1) is 4.90 Å². The van der Waals surface area contributed by atoms with Crippen molar-refractivity contribution in [2.75, 3.05) is 16.8 Å². The number of nitrogens with one attached hydrogen (secondary N) is 1. The van der Waals surface area contributed by atoms with Crippen molar-refractivity contribution in [3.63, 3.8) is 0 Å². The Hall–Kier alpha value is -2.78. The second-order valence-corrected chi connectivity index (χ2v) is 9.86. The van der Waals surface area contributed by atoms with Crippen LogP contribution in [0.25, 0.3) is 0 Å². The third-order valence-corrected chi connectivity index (χ3v) is 7.50. The summed E-state index contributed by atoms with van der Waals surface area (Å²) < 4.78 is 27.6. The first-order valence-electron chi connectivity index (χ1n) is 9.41. The maximum absolute atomic E-state index is 13.2. The SMILES string of the molecule is CCSc1nn(CC(=O)Nc2cccc(C)c2C)c(N)c1S(=O)(=O)c1ccccc1. The molecule has 0 saturated heterocycles. The molecule has 0 spiro atoms. The lowest BCUT2D eigenvalue weighted by Crippen LogP contribution is -2.21. The fraction of sp³-hybridized carbons (Fsp3) is 0.238. The highest BCUT2D eigenvalue weighted by Crippen LogP contribution is 2.34. The average molecular weight is 445 g/mol. The predicted octanol–water partition coefficient (Wildman–Crippen LogP) is 3.67. The third kappa shape index (κ3) is 4.36. The zero-order valence-corrected chi connectivity index (χ0v) is 18.7. The van der Waals surface area contributed by atoms with Crippen LogP contribution in [0.5, 0.6) is 0 Å². The van der Waals surface area contributed by atoms with Gasteiger partial charge in [-0.2, -0.15) is 5.10 Å². The van der Waals surface area contributed by atoms with Crippen molar-refractivity contribution in [2.24, 2.45) is 0 Å². The second kappa shape index (κ2) is 8.93. The fourth-order valence-electron chi connectivity index (χ4n) is 2.97. The van der Waals surface area contributed by atoms with Crippen LogP contribution in [0.1, 0.15) is 18.1 Å². The lowest BCUT2D eigenvalue weighted by Gasteiger charge is -2.11. The van der Waals surface area contributed by atoms with Crippen LogP contribution >= 0.6 is 11.8 Å². The zero-order chi connectivity index (χ0) is 21.9. The van der Waals surface area contributed by atoms with Gasteiger partial charge in [-0.15, -0.1) is 11.8 Å². The van der Waals surface area contributed by atoms with Crippen molar-refractivity contribution >= 4 is 39.0 Å². The number of benzene rings is 2. The Balaban J connectivity index is 1.94. The summed E-state index contributed by atoms with van der Waals surface area (Å²) >= 11 is 1.27. The molecule has 3 rings (SSSR count). The normalized spacial score (nSPS) is 11.4. The first kappa shape index (κ1) is 21.9. The number of amides is 1. The van der Waals surface area contributed by atoms with Gasteiger partial charge in [0, 0.05) is 5.69 Å². The molecule has 0 fully saturated rings. The maximum Gasteiger partial charge on any atom is 0.246 e. The highest BCUT2D eigenvalue weighted by atomic mass is 32.2. The molecule has 0 aliphatic heterocycles. The van der Waals surface area contributed by atoms with Gasteiger partial charge in [0.25, 0.3) is 0 Å². The standard InChI is InChI=1S/C21H24N4O3S2/c1-4-29-21-19(30(27,28)16-10-6-5-7-11-16)20(22)25(24-21)13-18(26)23-17-12-8-9-14(2)15(17)3/h5-12H,4,13,22H2,1-3H3,(H,23,26). The van der Waals surface area contributed by atoms with E-state index >= 15 is 0 Å². The largest absolute Gasteiger partial charge is 0.383 e. The molecule has 30 heavy (non-hydrogen) atoms. The van der Waals surface area contributed by atoms with Crippen molar-refractivity contribution in [3.8, 4) is 0 Å². The molecule has 0 aliphatic carbocycles. The van der Waals surface area contributed by atoms with Gasteiger partial charge in [-0.25, -0.2) is 13.1 Å². The van der Waals surface area contributed by atoms with E-state index < -0.39 is 9.84 Å². The Morgan fingerprint density at radius 3 is 2.50 bits per heavy atom. The van der Waals surface area contributed by atoms with Crippen molar-refractivity contribution in [1.29, 1.82) is 0 Å². The Labute approximate surface area is 180 Å². The number of nitrogen functional groups attached to an aromatic ring is 1. The lowest BCUT2D eigenvalue weighted by molar-refractivity contribution is -0.116. The topological polar surface area (TPSA) is 107 Å². The van der Waals surface area contributed by atoms with Crippen LogP contribution < -0.4 is 11.1 Å². The van der Waals surface area contributed by atoms with E-state index in [1.54, 1.807) is 18.2 Å². The first-order valence-corrected chi connectivity index (χ1v) is 11.9. The number of anilines is 2. The van der Waals surface area contributed by atoms with Gasteiger partial charge in [0.2, 0.25) is 15.7 Å². The highest BCUT2D eigenvalue weighted by molar-refractivity contribution is 8.00. The summed E-state index contributed by atoms with van der Waals surface area (Å²) in [5.41, 5.74) is 8.91. The molecule has 1 amide bonds. The molecule has 1 heterocycles. The molecule has 0 saturated carbocycles. The van der Waals surface area contributed by atoms with Crippen LogP contribution in [0.15, 0.2) is 63.3 Å². The lowest BCUT2D eigenvalue weighted by atomic mass is 10.1. The molecule has 0 atom stereocenters. The first-order chi connectivity index (χ1) is 14.3. The summed E-state index contributed by atoms with van der Waals surface area (Å²) in [5.74, 6) is 0.225. The molecular formula is C21H24N4O3S2. The van der Waals surface area contributed by atoms with Crippen molar-refractivity contribution in [1.82, 2.24) is 9.78 Å². The van der Waals surface area contributed by atoms with Crippen molar-refractivity contribution in [3.05, 3.63) is 59.7 Å². The third-order valence-electron chi connectivity index (χ3n) is 4.69. The smallest absolute Gasteiger partial charge is 0.246 e. The summed E-state index contributed by atoms with van der Waals surface area (Å²) in [4.78, 5) is 12.7. The monoisotopic (exact) mass is 444 g/mol. The molecule has 158 valence electrons. The van der Waals surface area contributed by atoms with E-state index in [0.717, 1.165) is 11.1 Å². The number of nitrogens with zero attached hydrogens (tertiary/aromatic N) is 2. The molecule has 2 aromatic carbocycles. The Bertz CT molecular complexity index is 1170. The fourth-order valence-corrected chi connectivity index (χ4v) is 5.54. The number of sulfone groups is 1. The summed E-state index contributed by atoms with van der Waals surface area (Å²) in [6.07, 6.45) is 0. The van der Waals surface area contributed by atoms with E-state index in [9.17, 15) is 13.2 Å². The number of carbonyl (C=O) groups is 1. The van der Waals surface area contributed by atoms with Crippen LogP contribution in [-0.2, 0) is 21.2 Å². The Morgan fingerprint density at radius 1 is 1.13 bits per heavy atom. The number of hydrogen-bond donors (Lipinski definition) is 2. The minimum Gasteiger partial charge on any atom is -0.383 e. The minimum absolute atomic E-state index is 0.0501. The minimum atomic E-state index is -3.87. The Morgan fingerprint density at radius 2 is 1.83 bits per heavy atom. The van der Waals surface area contributed by atoms with Gasteiger partial charge in [0.1, 0.15) is 22.3 Å². The van der Waals surface area contributed by atoms with Crippen molar-refractivity contribution < 1.29 is 13.2 Å². The van der Waals surface area contributed by atoms with Gasteiger partial charge >= 0.3 is 0 Å². The second-order valence-electron chi connectivity index (χ2n) is 6.72. The molecule has 1 aromatic heterocycles. The van der Waals surface area contributed by atoms with Gasteiger partial charge in [0.15, 0.2) is 0 Å². The summed E-state index contributed by atoms with van der Waals surface area (Å²) in [6.45, 7) is 5.59. The number of nitrogens with two attached hydrogens (primary N) is 1. The number of hydrogen-bond acceptors (Lipinski definition) is 6. The van der Waals surface area contributed by atoms with E-state index in [1.165, 1.54) is 28.6 Å². The van der Waals surface area contributed by atoms with E-state index in [-0.39, 0.29) is 28.1 Å². The van der Waals surface area contributed by atoms with Crippen LogP contribution in [0.4, 0.5) is 11.5 Å². The van der Waals surface area contributed by atoms with Gasteiger partial charge < -0.3 is 11.1 Å². The molecular weight excluding hydrogens is 420 g/mol. The molecule has 0 unspecified atom stereocenters. The predicted molar refractivity (Wildman–Crippen MR) is 119 cm³/mol. The summed E-state index contributed by atoms with van der Waals surface area (Å²) in [7, 11) is -3.87. The molecule has 0 aliphatic rings. The number of aryl methyl sites for hydroxylation is 1. The Kier molecular flexibility index (Phi) is 6.52. The average Bonchev–Trinajstić information content (AvgIpc) is 3.02. The van der Waals surface area contributed by atoms with Crippen LogP contribution in [0, 0.1) is 13.8 Å². The van der Waals surface area contributed by atoms with E-state index in [4.69, 9.17) is 5.73 Å². The molecule has 0 bridgehead atoms. The quantitative estimate of drug-likeness (QED) is 0.539. The summed E-state index contributed by atoms with van der Waals surface area (Å²) in [5, 5.41) is 7.46. The maximum atomic E-state index is 13.2. The number of carbonyl (C=O) groups excluding carboxylic acids is 1. The highest BCUT2D eigenvalue weighted by Gasteiger charge is 2.29. The van der Waals surface area contributed by atoms with Gasteiger partial charge in [-0.05, 0) is 48.9 Å². The van der Waals surface area contributed by atoms with E-state index in [1.807, 2.05) is 39.0 Å². The number of thioether (sulfide) groups is 1. The van der Waals surface area contributed by atoms with Crippen LogP contribution in [0.3, 0.4) is 0 Å². The molecule has 3 N–H and O–H groups in total. The zero-order valence-electron chi connectivity index (χ0n) is 17.0. The van der Waals surface area contributed by atoms with Crippen LogP contribution in [-0.4, -0.2) is 29.9 Å². The molecule has 9 heteroatoms. The molecule has 0 radical (unpaired) electrons. The van der Waals surface area contributed by atoms with Gasteiger partial charge in [-0.1, -0.05) is 37.3 Å². The van der Waals surface area contributed by atoms with Crippen molar-refractivity contribution in [2.45, 2.75) is 42.1 Å². The van der Waals surface area contributed by atoms with Gasteiger partial charge in [-0.3, -0.25) is 4.79 Å². The number of aromatic nitrogens is 2. The summed E-state index contributed by atoms with van der Waals surface area (Å²) in [6, 6.07) is 13.7. The van der Waals surface area contributed by atoms with Crippen LogP contribution in [0.2, 0.25) is 0 Å². The van der Waals surface area contributed by atoms with E-state index in [0.29, 0.717) is 16.5 Å². The number of rotatable bonds is 7. The molecule has 3 aromatic rings.